The summed E-state index contributed by atoms with van der Waals surface area (Å²) in [7, 11) is 0. The van der Waals surface area contributed by atoms with Gasteiger partial charge >= 0.3 is 0 Å². The van der Waals surface area contributed by atoms with E-state index in [1.54, 1.807) is 25.7 Å². The van der Waals surface area contributed by atoms with E-state index in [0.717, 1.165) is 23.7 Å². The highest BCUT2D eigenvalue weighted by atomic mass is 14.4. The second-order valence-corrected chi connectivity index (χ2v) is 5.91. The summed E-state index contributed by atoms with van der Waals surface area (Å²) in [6, 6.07) is 0. The normalized spacial score (nSPS) is 25.7. The smallest absolute Gasteiger partial charge is 0.0334 e. The average molecular weight is 194 g/mol. The first kappa shape index (κ1) is 10.5. The largest absolute Gasteiger partial charge is 0.0625 e. The van der Waals surface area contributed by atoms with Crippen molar-refractivity contribution in [2.75, 3.05) is 0 Å². The van der Waals surface area contributed by atoms with E-state index in [1.165, 1.54) is 25.7 Å². The monoisotopic (exact) mass is 194 g/mol. The zero-order chi connectivity index (χ0) is 9.97. The molecule has 0 aromatic rings. The number of rotatable bonds is 3. The van der Waals surface area contributed by atoms with Crippen LogP contribution in [0.4, 0.5) is 0 Å². The maximum atomic E-state index is 2.46. The van der Waals surface area contributed by atoms with Gasteiger partial charge in [-0.05, 0) is 23.7 Å². The lowest BCUT2D eigenvalue weighted by molar-refractivity contribution is 0.168. The van der Waals surface area contributed by atoms with Gasteiger partial charge in [0.2, 0.25) is 0 Å². The van der Waals surface area contributed by atoms with Crippen molar-refractivity contribution < 1.29 is 0 Å². The third-order valence-corrected chi connectivity index (χ3v) is 4.66. The Labute approximate surface area is 89.5 Å². The Morgan fingerprint density at radius 1 is 0.714 bits per heavy atom. The lowest BCUT2D eigenvalue weighted by Gasteiger charge is -2.32. The molecule has 0 aliphatic heterocycles. The fourth-order valence-electron chi connectivity index (χ4n) is 4.16. The lowest BCUT2D eigenvalue weighted by Crippen LogP contribution is -2.25. The molecule has 2 saturated carbocycles. The van der Waals surface area contributed by atoms with Crippen LogP contribution in [0.5, 0.6) is 0 Å². The quantitative estimate of drug-likeness (QED) is 0.614. The summed E-state index contributed by atoms with van der Waals surface area (Å²) in [5.41, 5.74) is 0. The highest BCUT2D eigenvalue weighted by molar-refractivity contribution is 4.84. The summed E-state index contributed by atoms with van der Waals surface area (Å²) < 4.78 is 0. The van der Waals surface area contributed by atoms with Crippen LogP contribution in [0.2, 0.25) is 0 Å². The van der Waals surface area contributed by atoms with Crippen molar-refractivity contribution in [2.24, 2.45) is 23.7 Å². The summed E-state index contributed by atoms with van der Waals surface area (Å²) in [4.78, 5) is 0. The molecule has 2 rings (SSSR count). The van der Waals surface area contributed by atoms with Crippen molar-refractivity contribution in [1.82, 2.24) is 0 Å². The van der Waals surface area contributed by atoms with Gasteiger partial charge < -0.3 is 0 Å². The van der Waals surface area contributed by atoms with Crippen molar-refractivity contribution in [3.8, 4) is 0 Å². The fraction of sp³-hybridized carbons (Fsp3) is 1.00. The zero-order valence-corrected chi connectivity index (χ0v) is 9.97. The van der Waals surface area contributed by atoms with Gasteiger partial charge in [0.05, 0.1) is 0 Å². The minimum absolute atomic E-state index is 0.932. The Hall–Kier alpha value is 0. The van der Waals surface area contributed by atoms with Gasteiger partial charge in [-0.25, -0.2) is 0 Å². The van der Waals surface area contributed by atoms with E-state index in [2.05, 4.69) is 13.8 Å². The Balaban J connectivity index is 1.98. The SMILES string of the molecule is CC(C)C(C1CCCC1)C1CCCC1. The lowest BCUT2D eigenvalue weighted by atomic mass is 9.73. The summed E-state index contributed by atoms with van der Waals surface area (Å²) in [6.07, 6.45) is 12.2. The molecular weight excluding hydrogens is 168 g/mol. The fourth-order valence-corrected chi connectivity index (χ4v) is 4.16. The van der Waals surface area contributed by atoms with Crippen molar-refractivity contribution in [1.29, 1.82) is 0 Å². The van der Waals surface area contributed by atoms with E-state index in [0.29, 0.717) is 0 Å². The molecule has 2 aliphatic carbocycles. The zero-order valence-electron chi connectivity index (χ0n) is 9.97. The molecule has 0 amide bonds. The molecule has 82 valence electrons. The molecule has 0 bridgehead atoms. The van der Waals surface area contributed by atoms with E-state index in [1.807, 2.05) is 0 Å². The molecule has 14 heavy (non-hydrogen) atoms. The van der Waals surface area contributed by atoms with Gasteiger partial charge in [0.25, 0.3) is 0 Å². The van der Waals surface area contributed by atoms with Crippen molar-refractivity contribution in [3.05, 3.63) is 0 Å². The topological polar surface area (TPSA) is 0 Å². The third kappa shape index (κ3) is 2.15. The maximum absolute atomic E-state index is 2.46. The molecule has 0 spiro atoms. The molecule has 0 heteroatoms. The van der Waals surface area contributed by atoms with Crippen LogP contribution in [-0.2, 0) is 0 Å². The van der Waals surface area contributed by atoms with Gasteiger partial charge in [-0.15, -0.1) is 0 Å². The van der Waals surface area contributed by atoms with Crippen LogP contribution in [0.1, 0.15) is 65.2 Å². The third-order valence-electron chi connectivity index (χ3n) is 4.66. The second kappa shape index (κ2) is 4.68. The van der Waals surface area contributed by atoms with Gasteiger partial charge in [-0.3, -0.25) is 0 Å². The summed E-state index contributed by atoms with van der Waals surface area (Å²) >= 11 is 0. The second-order valence-electron chi connectivity index (χ2n) is 5.91. The van der Waals surface area contributed by atoms with E-state index in [9.17, 15) is 0 Å². The highest BCUT2D eigenvalue weighted by Crippen LogP contribution is 2.44. The number of hydrogen-bond donors (Lipinski definition) is 0. The molecule has 0 atom stereocenters. The highest BCUT2D eigenvalue weighted by Gasteiger charge is 2.34. The van der Waals surface area contributed by atoms with E-state index < -0.39 is 0 Å². The molecule has 2 aliphatic rings. The van der Waals surface area contributed by atoms with E-state index in [-0.39, 0.29) is 0 Å². The van der Waals surface area contributed by atoms with Gasteiger partial charge in [0, 0.05) is 0 Å². The van der Waals surface area contributed by atoms with Crippen LogP contribution in [0, 0.1) is 23.7 Å². The molecule has 0 nitrogen and oxygen atoms in total. The van der Waals surface area contributed by atoms with Crippen LogP contribution >= 0.6 is 0 Å². The first-order chi connectivity index (χ1) is 6.79. The van der Waals surface area contributed by atoms with Gasteiger partial charge in [0.1, 0.15) is 0 Å². The molecule has 2 fully saturated rings. The minimum Gasteiger partial charge on any atom is -0.0625 e. The Morgan fingerprint density at radius 2 is 1.07 bits per heavy atom. The standard InChI is InChI=1S/C14H26/c1-11(2)14(12-7-3-4-8-12)13-9-5-6-10-13/h11-14H,3-10H2,1-2H3. The summed E-state index contributed by atoms with van der Waals surface area (Å²) in [5.74, 6) is 4.19. The minimum atomic E-state index is 0.932. The molecule has 0 aromatic carbocycles. The van der Waals surface area contributed by atoms with Crippen molar-refractivity contribution in [3.63, 3.8) is 0 Å². The first-order valence-corrected chi connectivity index (χ1v) is 6.79. The predicted octanol–water partition coefficient (Wildman–Crippen LogP) is 4.64. The van der Waals surface area contributed by atoms with Crippen LogP contribution in [-0.4, -0.2) is 0 Å². The Bertz CT molecular complexity index is 143. The van der Waals surface area contributed by atoms with Crippen LogP contribution in [0.25, 0.3) is 0 Å². The molecule has 0 heterocycles. The molecule has 0 radical (unpaired) electrons. The predicted molar refractivity (Wildman–Crippen MR) is 62.2 cm³/mol. The molecule has 0 saturated heterocycles. The average Bonchev–Trinajstić information content (AvgIpc) is 2.75. The maximum Gasteiger partial charge on any atom is -0.0334 e. The van der Waals surface area contributed by atoms with Crippen molar-refractivity contribution >= 4 is 0 Å². The molecule has 0 unspecified atom stereocenters. The van der Waals surface area contributed by atoms with Gasteiger partial charge in [-0.2, -0.15) is 0 Å². The van der Waals surface area contributed by atoms with Crippen LogP contribution in [0.3, 0.4) is 0 Å². The van der Waals surface area contributed by atoms with Gasteiger partial charge in [0.15, 0.2) is 0 Å². The summed E-state index contributed by atoms with van der Waals surface area (Å²) in [5, 5.41) is 0. The molecule has 0 N–H and O–H groups in total. The van der Waals surface area contributed by atoms with Gasteiger partial charge in [-0.1, -0.05) is 65.2 Å². The van der Waals surface area contributed by atoms with Crippen LogP contribution < -0.4 is 0 Å². The van der Waals surface area contributed by atoms with Crippen molar-refractivity contribution in [2.45, 2.75) is 65.2 Å². The van der Waals surface area contributed by atoms with Crippen LogP contribution in [0.15, 0.2) is 0 Å². The number of hydrogen-bond acceptors (Lipinski definition) is 0. The van der Waals surface area contributed by atoms with E-state index in [4.69, 9.17) is 0 Å². The summed E-state index contributed by atoms with van der Waals surface area (Å²) in [6.45, 7) is 4.92. The van der Waals surface area contributed by atoms with E-state index >= 15 is 0 Å². The molecule has 0 aromatic heterocycles. The first-order valence-electron chi connectivity index (χ1n) is 6.79. The molecular formula is C14H26. The Morgan fingerprint density at radius 3 is 1.36 bits per heavy atom. The Kier molecular flexibility index (Phi) is 3.52.